The zero-order chi connectivity index (χ0) is 10.7. The van der Waals surface area contributed by atoms with E-state index in [1.54, 1.807) is 13.0 Å². The standard InChI is InChI=1S/C12H16FNS/c1-9-4-5-10(7-12(9)13)14-11-3-2-6-15-8-11/h4-5,7,11,14H,2-3,6,8H2,1H3. The van der Waals surface area contributed by atoms with Gasteiger partial charge in [-0.15, -0.1) is 0 Å². The third-order valence-electron chi connectivity index (χ3n) is 2.70. The predicted octanol–water partition coefficient (Wildman–Crippen LogP) is 3.44. The van der Waals surface area contributed by atoms with Crippen LogP contribution in [0.5, 0.6) is 0 Å². The summed E-state index contributed by atoms with van der Waals surface area (Å²) in [5, 5.41) is 3.39. The number of hydrogen-bond acceptors (Lipinski definition) is 2. The van der Waals surface area contributed by atoms with E-state index in [1.165, 1.54) is 18.6 Å². The molecule has 0 amide bonds. The Balaban J connectivity index is 2.00. The Hall–Kier alpha value is -0.700. The Morgan fingerprint density at radius 1 is 1.47 bits per heavy atom. The van der Waals surface area contributed by atoms with Crippen molar-refractivity contribution in [2.75, 3.05) is 16.8 Å². The van der Waals surface area contributed by atoms with Crippen molar-refractivity contribution in [2.24, 2.45) is 0 Å². The van der Waals surface area contributed by atoms with Gasteiger partial charge in [-0.1, -0.05) is 6.07 Å². The van der Waals surface area contributed by atoms with Crippen molar-refractivity contribution in [3.05, 3.63) is 29.6 Å². The molecule has 1 N–H and O–H groups in total. The maximum atomic E-state index is 13.3. The maximum absolute atomic E-state index is 13.3. The number of halogens is 1. The molecule has 1 aromatic rings. The first kappa shape index (κ1) is 10.8. The molecule has 82 valence electrons. The molecule has 1 saturated heterocycles. The van der Waals surface area contributed by atoms with Crippen LogP contribution in [-0.4, -0.2) is 17.5 Å². The van der Waals surface area contributed by atoms with Gasteiger partial charge < -0.3 is 5.32 Å². The minimum atomic E-state index is -0.122. The molecule has 1 atom stereocenters. The zero-order valence-corrected chi connectivity index (χ0v) is 9.74. The van der Waals surface area contributed by atoms with E-state index in [0.717, 1.165) is 11.4 Å². The van der Waals surface area contributed by atoms with Crippen molar-refractivity contribution in [1.82, 2.24) is 0 Å². The second kappa shape index (κ2) is 4.88. The molecule has 1 aliphatic rings. The van der Waals surface area contributed by atoms with Crippen LogP contribution >= 0.6 is 11.8 Å². The van der Waals surface area contributed by atoms with E-state index in [1.807, 2.05) is 23.9 Å². The normalized spacial score (nSPS) is 21.3. The molecule has 0 spiro atoms. The van der Waals surface area contributed by atoms with Crippen LogP contribution in [0.2, 0.25) is 0 Å². The molecular formula is C12H16FNS. The first-order valence-electron chi connectivity index (χ1n) is 5.36. The molecule has 0 bridgehead atoms. The first-order chi connectivity index (χ1) is 7.25. The quantitative estimate of drug-likeness (QED) is 0.827. The monoisotopic (exact) mass is 225 g/mol. The molecule has 0 saturated carbocycles. The molecule has 15 heavy (non-hydrogen) atoms. The average Bonchev–Trinajstić information content (AvgIpc) is 2.25. The summed E-state index contributed by atoms with van der Waals surface area (Å²) in [6, 6.07) is 5.88. The van der Waals surface area contributed by atoms with Crippen LogP contribution in [0, 0.1) is 12.7 Å². The number of benzene rings is 1. The molecule has 0 aliphatic carbocycles. The van der Waals surface area contributed by atoms with Crippen molar-refractivity contribution in [3.63, 3.8) is 0 Å². The summed E-state index contributed by atoms with van der Waals surface area (Å²) in [7, 11) is 0. The van der Waals surface area contributed by atoms with Crippen LogP contribution in [0.4, 0.5) is 10.1 Å². The molecule has 0 aromatic heterocycles. The molecule has 1 aliphatic heterocycles. The largest absolute Gasteiger partial charge is 0.381 e. The zero-order valence-electron chi connectivity index (χ0n) is 8.92. The lowest BCUT2D eigenvalue weighted by Crippen LogP contribution is -2.25. The van der Waals surface area contributed by atoms with Gasteiger partial charge in [0.25, 0.3) is 0 Å². The van der Waals surface area contributed by atoms with Gasteiger partial charge in [0.15, 0.2) is 0 Å². The summed E-state index contributed by atoms with van der Waals surface area (Å²) in [6.45, 7) is 1.79. The molecule has 1 unspecified atom stereocenters. The molecule has 0 radical (unpaired) electrons. The van der Waals surface area contributed by atoms with Gasteiger partial charge >= 0.3 is 0 Å². The Kier molecular flexibility index (Phi) is 3.52. The third kappa shape index (κ3) is 2.88. The van der Waals surface area contributed by atoms with Crippen molar-refractivity contribution in [3.8, 4) is 0 Å². The second-order valence-corrected chi connectivity index (χ2v) is 5.17. The summed E-state index contributed by atoms with van der Waals surface area (Å²) in [4.78, 5) is 0. The number of aryl methyl sites for hydroxylation is 1. The van der Waals surface area contributed by atoms with Crippen LogP contribution < -0.4 is 5.32 Å². The van der Waals surface area contributed by atoms with Gasteiger partial charge in [0.2, 0.25) is 0 Å². The van der Waals surface area contributed by atoms with Crippen LogP contribution in [-0.2, 0) is 0 Å². The third-order valence-corrected chi connectivity index (χ3v) is 3.92. The van der Waals surface area contributed by atoms with Gasteiger partial charge in [0, 0.05) is 17.5 Å². The van der Waals surface area contributed by atoms with Crippen LogP contribution in [0.3, 0.4) is 0 Å². The number of thioether (sulfide) groups is 1. The summed E-state index contributed by atoms with van der Waals surface area (Å²) >= 11 is 1.97. The molecule has 3 heteroatoms. The van der Waals surface area contributed by atoms with E-state index in [2.05, 4.69) is 5.32 Å². The minimum Gasteiger partial charge on any atom is -0.381 e. The van der Waals surface area contributed by atoms with E-state index in [0.29, 0.717) is 11.6 Å². The van der Waals surface area contributed by atoms with Crippen molar-refractivity contribution in [2.45, 2.75) is 25.8 Å². The fraction of sp³-hybridized carbons (Fsp3) is 0.500. The van der Waals surface area contributed by atoms with E-state index in [9.17, 15) is 4.39 Å². The minimum absolute atomic E-state index is 0.122. The lowest BCUT2D eigenvalue weighted by molar-refractivity contribution is 0.617. The maximum Gasteiger partial charge on any atom is 0.128 e. The van der Waals surface area contributed by atoms with Crippen molar-refractivity contribution in [1.29, 1.82) is 0 Å². The van der Waals surface area contributed by atoms with Gasteiger partial charge in [-0.25, -0.2) is 4.39 Å². The topological polar surface area (TPSA) is 12.0 Å². The van der Waals surface area contributed by atoms with Gasteiger partial charge in [0.1, 0.15) is 5.82 Å². The van der Waals surface area contributed by atoms with Gasteiger partial charge in [-0.2, -0.15) is 11.8 Å². The highest BCUT2D eigenvalue weighted by atomic mass is 32.2. The van der Waals surface area contributed by atoms with E-state index >= 15 is 0 Å². The fourth-order valence-electron chi connectivity index (χ4n) is 1.77. The summed E-state index contributed by atoms with van der Waals surface area (Å²) < 4.78 is 13.3. The molecule has 1 fully saturated rings. The smallest absolute Gasteiger partial charge is 0.128 e. The molecule has 2 rings (SSSR count). The van der Waals surface area contributed by atoms with Gasteiger partial charge in [-0.05, 0) is 43.2 Å². The van der Waals surface area contributed by atoms with Crippen LogP contribution in [0.1, 0.15) is 18.4 Å². The molecule has 1 nitrogen and oxygen atoms in total. The molecular weight excluding hydrogens is 209 g/mol. The average molecular weight is 225 g/mol. The number of rotatable bonds is 2. The number of hydrogen-bond donors (Lipinski definition) is 1. The van der Waals surface area contributed by atoms with Crippen LogP contribution in [0.25, 0.3) is 0 Å². The van der Waals surface area contributed by atoms with Gasteiger partial charge in [-0.3, -0.25) is 0 Å². The predicted molar refractivity (Wildman–Crippen MR) is 65.1 cm³/mol. The second-order valence-electron chi connectivity index (χ2n) is 4.02. The van der Waals surface area contributed by atoms with Gasteiger partial charge in [0.05, 0.1) is 0 Å². The van der Waals surface area contributed by atoms with Crippen molar-refractivity contribution < 1.29 is 4.39 Å². The Morgan fingerprint density at radius 3 is 3.00 bits per heavy atom. The van der Waals surface area contributed by atoms with E-state index in [4.69, 9.17) is 0 Å². The Morgan fingerprint density at radius 2 is 2.33 bits per heavy atom. The fourth-order valence-corrected chi connectivity index (χ4v) is 2.84. The van der Waals surface area contributed by atoms with E-state index in [-0.39, 0.29) is 5.82 Å². The number of anilines is 1. The molecule has 1 heterocycles. The number of nitrogens with one attached hydrogen (secondary N) is 1. The summed E-state index contributed by atoms with van der Waals surface area (Å²) in [6.07, 6.45) is 2.46. The SMILES string of the molecule is Cc1ccc(NC2CCCSC2)cc1F. The first-order valence-corrected chi connectivity index (χ1v) is 6.51. The van der Waals surface area contributed by atoms with Crippen LogP contribution in [0.15, 0.2) is 18.2 Å². The Bertz CT molecular complexity index is 334. The Labute approximate surface area is 94.5 Å². The summed E-state index contributed by atoms with van der Waals surface area (Å²) in [5.74, 6) is 2.28. The lowest BCUT2D eigenvalue weighted by atomic mass is 10.1. The highest BCUT2D eigenvalue weighted by Crippen LogP contribution is 2.21. The molecule has 1 aromatic carbocycles. The summed E-state index contributed by atoms with van der Waals surface area (Å²) in [5.41, 5.74) is 1.61. The highest BCUT2D eigenvalue weighted by Gasteiger charge is 2.13. The van der Waals surface area contributed by atoms with Crippen molar-refractivity contribution >= 4 is 17.4 Å². The van der Waals surface area contributed by atoms with E-state index < -0.39 is 0 Å². The highest BCUT2D eigenvalue weighted by molar-refractivity contribution is 7.99. The lowest BCUT2D eigenvalue weighted by Gasteiger charge is -2.23.